The van der Waals surface area contributed by atoms with Crippen LogP contribution in [0.15, 0.2) is 52.7 Å². The summed E-state index contributed by atoms with van der Waals surface area (Å²) in [4.78, 5) is 17.0. The zero-order valence-electron chi connectivity index (χ0n) is 11.2. The molecule has 0 bridgehead atoms. The van der Waals surface area contributed by atoms with Gasteiger partial charge in [0.25, 0.3) is 0 Å². The summed E-state index contributed by atoms with van der Waals surface area (Å²) in [5.74, 6) is 0.793. The Morgan fingerprint density at radius 2 is 2.10 bits per heavy atom. The minimum Gasteiger partial charge on any atom is -0.334 e. The van der Waals surface area contributed by atoms with Crippen LogP contribution in [0, 0.1) is 0 Å². The summed E-state index contributed by atoms with van der Waals surface area (Å²) < 4.78 is 0. The van der Waals surface area contributed by atoms with E-state index in [0.29, 0.717) is 11.8 Å². The highest BCUT2D eigenvalue weighted by Gasteiger charge is 2.30. The van der Waals surface area contributed by atoms with Crippen LogP contribution in [0.3, 0.4) is 0 Å². The smallest absolute Gasteiger partial charge is 0.233 e. The second kappa shape index (κ2) is 6.46. The first-order chi connectivity index (χ1) is 9.84. The molecule has 1 atom stereocenters. The van der Waals surface area contributed by atoms with E-state index in [1.54, 1.807) is 23.1 Å². The Kier molecular flexibility index (Phi) is 4.43. The molecule has 4 heteroatoms. The zero-order valence-corrected chi connectivity index (χ0v) is 12.8. The van der Waals surface area contributed by atoms with Crippen molar-refractivity contribution in [2.24, 2.45) is 0 Å². The number of thioether (sulfide) groups is 1. The van der Waals surface area contributed by atoms with Crippen molar-refractivity contribution in [2.75, 3.05) is 12.3 Å². The van der Waals surface area contributed by atoms with Gasteiger partial charge in [-0.2, -0.15) is 0 Å². The highest BCUT2D eigenvalue weighted by atomic mass is 32.2. The van der Waals surface area contributed by atoms with Crippen LogP contribution < -0.4 is 0 Å². The average molecular weight is 303 g/mol. The van der Waals surface area contributed by atoms with Gasteiger partial charge in [0.2, 0.25) is 5.91 Å². The SMILES string of the molecule is O=C(CSc1ccccc1)N1CCCC1c1cccs1. The number of carbonyl (C=O) groups is 1. The fourth-order valence-electron chi connectivity index (χ4n) is 2.59. The lowest BCUT2D eigenvalue weighted by Gasteiger charge is -2.23. The molecule has 1 amide bonds. The van der Waals surface area contributed by atoms with Gasteiger partial charge in [-0.1, -0.05) is 24.3 Å². The van der Waals surface area contributed by atoms with Gasteiger partial charge in [0, 0.05) is 16.3 Å². The van der Waals surface area contributed by atoms with Crippen molar-refractivity contribution in [1.82, 2.24) is 4.90 Å². The van der Waals surface area contributed by atoms with Gasteiger partial charge in [-0.15, -0.1) is 23.1 Å². The van der Waals surface area contributed by atoms with Gasteiger partial charge >= 0.3 is 0 Å². The molecular formula is C16H17NOS2. The number of benzene rings is 1. The molecule has 20 heavy (non-hydrogen) atoms. The first-order valence-corrected chi connectivity index (χ1v) is 8.72. The van der Waals surface area contributed by atoms with E-state index in [1.807, 2.05) is 18.2 Å². The predicted octanol–water partition coefficient (Wildman–Crippen LogP) is 4.20. The summed E-state index contributed by atoms with van der Waals surface area (Å²) in [6.45, 7) is 0.900. The molecule has 1 unspecified atom stereocenters. The molecule has 1 aromatic heterocycles. The molecule has 1 fully saturated rings. The largest absolute Gasteiger partial charge is 0.334 e. The molecule has 1 saturated heterocycles. The van der Waals surface area contributed by atoms with E-state index in [2.05, 4.69) is 34.5 Å². The van der Waals surface area contributed by atoms with Crippen molar-refractivity contribution >= 4 is 29.0 Å². The number of amides is 1. The lowest BCUT2D eigenvalue weighted by molar-refractivity contribution is -0.129. The van der Waals surface area contributed by atoms with Crippen LogP contribution in [-0.4, -0.2) is 23.1 Å². The number of nitrogens with zero attached hydrogens (tertiary/aromatic N) is 1. The molecule has 0 saturated carbocycles. The molecule has 0 spiro atoms. The van der Waals surface area contributed by atoms with Crippen molar-refractivity contribution in [3.8, 4) is 0 Å². The summed E-state index contributed by atoms with van der Waals surface area (Å²) in [7, 11) is 0. The summed E-state index contributed by atoms with van der Waals surface area (Å²) in [6.07, 6.45) is 2.21. The van der Waals surface area contributed by atoms with Crippen molar-refractivity contribution < 1.29 is 4.79 Å². The highest BCUT2D eigenvalue weighted by molar-refractivity contribution is 8.00. The Bertz CT molecular complexity index is 553. The maximum absolute atomic E-state index is 12.4. The van der Waals surface area contributed by atoms with E-state index in [1.165, 1.54) is 4.88 Å². The number of hydrogen-bond acceptors (Lipinski definition) is 3. The average Bonchev–Trinajstić information content (AvgIpc) is 3.15. The maximum Gasteiger partial charge on any atom is 0.233 e. The Labute approximate surface area is 127 Å². The summed E-state index contributed by atoms with van der Waals surface area (Å²) in [5, 5.41) is 2.09. The normalized spacial score (nSPS) is 18.4. The van der Waals surface area contributed by atoms with E-state index in [0.717, 1.165) is 24.3 Å². The van der Waals surface area contributed by atoms with Crippen LogP contribution in [0.4, 0.5) is 0 Å². The molecule has 0 aliphatic carbocycles. The Hall–Kier alpha value is -1.26. The van der Waals surface area contributed by atoms with Crippen molar-refractivity contribution in [3.63, 3.8) is 0 Å². The van der Waals surface area contributed by atoms with Crippen molar-refractivity contribution in [3.05, 3.63) is 52.7 Å². The van der Waals surface area contributed by atoms with Crippen LogP contribution in [0.25, 0.3) is 0 Å². The van der Waals surface area contributed by atoms with E-state index >= 15 is 0 Å². The van der Waals surface area contributed by atoms with Gasteiger partial charge in [-0.05, 0) is 36.4 Å². The van der Waals surface area contributed by atoms with Gasteiger partial charge in [0.15, 0.2) is 0 Å². The third-order valence-electron chi connectivity index (χ3n) is 3.55. The minimum atomic E-state index is 0.259. The molecule has 1 aliphatic heterocycles. The quantitative estimate of drug-likeness (QED) is 0.789. The number of carbonyl (C=O) groups excluding carboxylic acids is 1. The monoisotopic (exact) mass is 303 g/mol. The highest BCUT2D eigenvalue weighted by Crippen LogP contribution is 2.35. The molecule has 0 N–H and O–H groups in total. The lowest BCUT2D eigenvalue weighted by Crippen LogP contribution is -2.31. The molecule has 0 radical (unpaired) electrons. The summed E-state index contributed by atoms with van der Waals surface area (Å²) in [6, 6.07) is 14.6. The van der Waals surface area contributed by atoms with E-state index in [-0.39, 0.29) is 5.91 Å². The lowest BCUT2D eigenvalue weighted by atomic mass is 10.2. The molecule has 2 heterocycles. The summed E-state index contributed by atoms with van der Waals surface area (Å²) >= 11 is 3.38. The fourth-order valence-corrected chi connectivity index (χ4v) is 4.27. The third kappa shape index (κ3) is 3.07. The first-order valence-electron chi connectivity index (χ1n) is 6.85. The van der Waals surface area contributed by atoms with Crippen LogP contribution >= 0.6 is 23.1 Å². The molecule has 3 rings (SSSR count). The maximum atomic E-state index is 12.4. The van der Waals surface area contributed by atoms with E-state index in [9.17, 15) is 4.79 Å². The Balaban J connectivity index is 1.62. The molecule has 2 aromatic rings. The van der Waals surface area contributed by atoms with Crippen LogP contribution in [-0.2, 0) is 4.79 Å². The predicted molar refractivity (Wildman–Crippen MR) is 85.2 cm³/mol. The minimum absolute atomic E-state index is 0.259. The standard InChI is InChI=1S/C16H17NOS2/c18-16(12-20-13-6-2-1-3-7-13)17-10-4-8-14(17)15-9-5-11-19-15/h1-3,5-7,9,11,14H,4,8,10,12H2. The number of likely N-dealkylation sites (tertiary alicyclic amines) is 1. The number of rotatable bonds is 4. The molecular weight excluding hydrogens is 286 g/mol. The molecule has 1 aromatic carbocycles. The van der Waals surface area contributed by atoms with Gasteiger partial charge in [-0.25, -0.2) is 0 Å². The van der Waals surface area contributed by atoms with E-state index in [4.69, 9.17) is 0 Å². The number of hydrogen-bond donors (Lipinski definition) is 0. The van der Waals surface area contributed by atoms with Crippen LogP contribution in [0.1, 0.15) is 23.8 Å². The van der Waals surface area contributed by atoms with Crippen LogP contribution in [0.2, 0.25) is 0 Å². The second-order valence-electron chi connectivity index (χ2n) is 4.86. The van der Waals surface area contributed by atoms with Gasteiger partial charge in [0.05, 0.1) is 11.8 Å². The fraction of sp³-hybridized carbons (Fsp3) is 0.312. The van der Waals surface area contributed by atoms with Crippen molar-refractivity contribution in [1.29, 1.82) is 0 Å². The van der Waals surface area contributed by atoms with Crippen LogP contribution in [0.5, 0.6) is 0 Å². The van der Waals surface area contributed by atoms with Gasteiger partial charge in [0.1, 0.15) is 0 Å². The zero-order chi connectivity index (χ0) is 13.8. The van der Waals surface area contributed by atoms with E-state index < -0.39 is 0 Å². The second-order valence-corrected chi connectivity index (χ2v) is 6.89. The number of thiophene rings is 1. The van der Waals surface area contributed by atoms with Gasteiger partial charge in [-0.3, -0.25) is 4.79 Å². The topological polar surface area (TPSA) is 20.3 Å². The Morgan fingerprint density at radius 1 is 1.25 bits per heavy atom. The first kappa shape index (κ1) is 13.7. The molecule has 1 aliphatic rings. The van der Waals surface area contributed by atoms with Crippen molar-refractivity contribution in [2.45, 2.75) is 23.8 Å². The van der Waals surface area contributed by atoms with Gasteiger partial charge < -0.3 is 4.90 Å². The molecule has 2 nitrogen and oxygen atoms in total. The summed E-state index contributed by atoms with van der Waals surface area (Å²) in [5.41, 5.74) is 0. The molecule has 104 valence electrons. The Morgan fingerprint density at radius 3 is 2.85 bits per heavy atom. The third-order valence-corrected chi connectivity index (χ3v) is 5.52.